The molecule has 32 heavy (non-hydrogen) atoms. The van der Waals surface area contributed by atoms with Gasteiger partial charge in [-0.2, -0.15) is 13.2 Å². The Morgan fingerprint density at radius 3 is 1.88 bits per heavy atom. The Hall–Kier alpha value is -3.46. The van der Waals surface area contributed by atoms with E-state index in [4.69, 9.17) is 9.47 Å². The number of hydrogen-bond acceptors (Lipinski definition) is 5. The van der Waals surface area contributed by atoms with Gasteiger partial charge in [-0.25, -0.2) is 14.8 Å². The smallest absolute Gasteiger partial charge is 0.416 e. The summed E-state index contributed by atoms with van der Waals surface area (Å²) in [6.45, 7) is 3.40. The molecule has 2 atom stereocenters. The first-order valence-electron chi connectivity index (χ1n) is 9.58. The zero-order valence-corrected chi connectivity index (χ0v) is 17.6. The van der Waals surface area contributed by atoms with E-state index in [-0.39, 0.29) is 11.6 Å². The Kier molecular flexibility index (Phi) is 6.50. The number of nitrogens with zero attached hydrogens (tertiary/aromatic N) is 2. The molecule has 0 bridgehead atoms. The lowest BCUT2D eigenvalue weighted by Crippen LogP contribution is -2.50. The predicted octanol–water partition coefficient (Wildman–Crippen LogP) is 4.53. The largest absolute Gasteiger partial charge is 0.478 e. The molecule has 0 aliphatic carbocycles. The lowest BCUT2D eigenvalue weighted by molar-refractivity contribution is -0.160. The summed E-state index contributed by atoms with van der Waals surface area (Å²) in [5.74, 6) is -1.40. The van der Waals surface area contributed by atoms with Gasteiger partial charge < -0.3 is 14.6 Å². The van der Waals surface area contributed by atoms with E-state index in [0.29, 0.717) is 17.0 Å². The zero-order valence-electron chi connectivity index (χ0n) is 17.6. The molecule has 9 heteroatoms. The number of aromatic nitrogens is 2. The van der Waals surface area contributed by atoms with E-state index >= 15 is 0 Å². The van der Waals surface area contributed by atoms with Crippen molar-refractivity contribution in [3.63, 3.8) is 0 Å². The molecule has 0 spiro atoms. The summed E-state index contributed by atoms with van der Waals surface area (Å²) >= 11 is 0. The number of carboxylic acids is 1. The van der Waals surface area contributed by atoms with Crippen molar-refractivity contribution >= 4 is 5.97 Å². The molecule has 2 aromatic carbocycles. The molecule has 6 nitrogen and oxygen atoms in total. The van der Waals surface area contributed by atoms with Crippen LogP contribution >= 0.6 is 0 Å². The fourth-order valence-electron chi connectivity index (χ4n) is 3.56. The number of alkyl halides is 3. The number of ether oxygens (including phenoxy) is 2. The molecule has 1 heterocycles. The van der Waals surface area contributed by atoms with Crippen molar-refractivity contribution in [2.24, 2.45) is 0 Å². The molecular weight excluding hydrogens is 425 g/mol. The van der Waals surface area contributed by atoms with Crippen molar-refractivity contribution in [1.82, 2.24) is 9.97 Å². The molecule has 0 amide bonds. The average Bonchev–Trinajstić information content (AvgIpc) is 2.73. The third kappa shape index (κ3) is 4.57. The maximum atomic E-state index is 13.1. The van der Waals surface area contributed by atoms with E-state index < -0.39 is 29.4 Å². The molecule has 168 valence electrons. The van der Waals surface area contributed by atoms with E-state index in [2.05, 4.69) is 9.97 Å². The standard InChI is InChI=1S/C23H21F3N2O4/c1-14-13-15(2)28-21(27-14)32-19(20(29)30)22(31-3,16-7-5-4-6-8-16)17-9-11-18(12-10-17)23(24,25)26/h4-13,19H,1-3H3,(H,29,30). The molecule has 0 saturated carbocycles. The fourth-order valence-corrected chi connectivity index (χ4v) is 3.56. The second-order valence-electron chi connectivity index (χ2n) is 7.15. The molecular formula is C23H21F3N2O4. The average molecular weight is 446 g/mol. The highest BCUT2D eigenvalue weighted by molar-refractivity contribution is 5.76. The summed E-state index contributed by atoms with van der Waals surface area (Å²) in [6.07, 6.45) is -6.26. The van der Waals surface area contributed by atoms with Crippen molar-refractivity contribution in [2.75, 3.05) is 7.11 Å². The van der Waals surface area contributed by atoms with Crippen molar-refractivity contribution in [3.05, 3.63) is 88.7 Å². The molecule has 0 fully saturated rings. The lowest BCUT2D eigenvalue weighted by Gasteiger charge is -2.37. The number of halogens is 3. The Labute approximate surface area is 182 Å². The molecule has 0 saturated heterocycles. The number of carbonyl (C=O) groups is 1. The van der Waals surface area contributed by atoms with Crippen LogP contribution in [0.4, 0.5) is 13.2 Å². The number of aliphatic carboxylic acids is 1. The fraction of sp³-hybridized carbons (Fsp3) is 0.261. The van der Waals surface area contributed by atoms with Crippen molar-refractivity contribution < 1.29 is 32.5 Å². The summed E-state index contributed by atoms with van der Waals surface area (Å²) in [5, 5.41) is 10.1. The van der Waals surface area contributed by atoms with Crippen LogP contribution in [0, 0.1) is 13.8 Å². The van der Waals surface area contributed by atoms with Crippen LogP contribution in [0.5, 0.6) is 6.01 Å². The van der Waals surface area contributed by atoms with Gasteiger partial charge >= 0.3 is 18.2 Å². The second-order valence-corrected chi connectivity index (χ2v) is 7.15. The van der Waals surface area contributed by atoms with Gasteiger partial charge in [0.1, 0.15) is 0 Å². The first-order valence-corrected chi connectivity index (χ1v) is 9.58. The lowest BCUT2D eigenvalue weighted by atomic mass is 9.80. The molecule has 0 radical (unpaired) electrons. The van der Waals surface area contributed by atoms with Crippen LogP contribution in [-0.4, -0.2) is 34.3 Å². The molecule has 1 N–H and O–H groups in total. The van der Waals surface area contributed by atoms with Gasteiger partial charge in [0.05, 0.1) is 5.56 Å². The summed E-state index contributed by atoms with van der Waals surface area (Å²) in [4.78, 5) is 20.7. The van der Waals surface area contributed by atoms with Gasteiger partial charge in [-0.1, -0.05) is 42.5 Å². The minimum absolute atomic E-state index is 0.163. The van der Waals surface area contributed by atoms with Gasteiger partial charge in [-0.05, 0) is 43.2 Å². The van der Waals surface area contributed by atoms with Crippen molar-refractivity contribution in [3.8, 4) is 6.01 Å². The predicted molar refractivity (Wildman–Crippen MR) is 109 cm³/mol. The molecule has 1 aromatic heterocycles. The highest BCUT2D eigenvalue weighted by atomic mass is 19.4. The molecule has 3 rings (SSSR count). The van der Waals surface area contributed by atoms with Gasteiger partial charge in [-0.3, -0.25) is 0 Å². The minimum Gasteiger partial charge on any atom is -0.478 e. The monoisotopic (exact) mass is 446 g/mol. The molecule has 3 aromatic rings. The highest BCUT2D eigenvalue weighted by Gasteiger charge is 2.49. The quantitative estimate of drug-likeness (QED) is 0.574. The van der Waals surface area contributed by atoms with Crippen LogP contribution in [0.2, 0.25) is 0 Å². The zero-order chi connectivity index (χ0) is 23.5. The molecule has 2 unspecified atom stereocenters. The Morgan fingerprint density at radius 1 is 0.906 bits per heavy atom. The number of aryl methyl sites for hydroxylation is 2. The van der Waals surface area contributed by atoms with Crippen LogP contribution in [0.25, 0.3) is 0 Å². The Morgan fingerprint density at radius 2 is 1.41 bits per heavy atom. The summed E-state index contributed by atoms with van der Waals surface area (Å²) in [6, 6.07) is 13.9. The topological polar surface area (TPSA) is 81.5 Å². The Balaban J connectivity index is 2.21. The van der Waals surface area contributed by atoms with Crippen LogP contribution in [-0.2, 0) is 21.3 Å². The number of hydrogen-bond donors (Lipinski definition) is 1. The maximum absolute atomic E-state index is 13.1. The normalized spacial score (nSPS) is 14.4. The number of rotatable bonds is 7. The van der Waals surface area contributed by atoms with Crippen LogP contribution < -0.4 is 4.74 Å². The van der Waals surface area contributed by atoms with Crippen molar-refractivity contribution in [1.29, 1.82) is 0 Å². The van der Waals surface area contributed by atoms with E-state index in [0.717, 1.165) is 12.1 Å². The van der Waals surface area contributed by atoms with E-state index in [1.165, 1.54) is 19.2 Å². The highest BCUT2D eigenvalue weighted by Crippen LogP contribution is 2.40. The van der Waals surface area contributed by atoms with Crippen LogP contribution in [0.15, 0.2) is 60.7 Å². The van der Waals surface area contributed by atoms with Gasteiger partial charge in [0.2, 0.25) is 6.10 Å². The van der Waals surface area contributed by atoms with Crippen molar-refractivity contribution in [2.45, 2.75) is 31.7 Å². The number of benzene rings is 2. The summed E-state index contributed by atoms with van der Waals surface area (Å²) < 4.78 is 50.8. The summed E-state index contributed by atoms with van der Waals surface area (Å²) in [7, 11) is 1.27. The molecule has 0 aliphatic heterocycles. The van der Waals surface area contributed by atoms with Gasteiger partial charge in [0.15, 0.2) is 5.60 Å². The third-order valence-corrected chi connectivity index (χ3v) is 4.94. The molecule has 0 aliphatic rings. The maximum Gasteiger partial charge on any atom is 0.416 e. The minimum atomic E-state index is -4.54. The summed E-state index contributed by atoms with van der Waals surface area (Å²) in [5.41, 5.74) is -0.999. The number of carboxylic acid groups (broad SMARTS) is 1. The van der Waals surface area contributed by atoms with Gasteiger partial charge in [0, 0.05) is 18.5 Å². The third-order valence-electron chi connectivity index (χ3n) is 4.94. The SMILES string of the molecule is COC(c1ccccc1)(c1ccc(C(F)(F)F)cc1)C(Oc1nc(C)cc(C)n1)C(=O)O. The first-order chi connectivity index (χ1) is 15.1. The van der Waals surface area contributed by atoms with E-state index in [9.17, 15) is 23.1 Å². The van der Waals surface area contributed by atoms with Gasteiger partial charge in [0.25, 0.3) is 0 Å². The van der Waals surface area contributed by atoms with E-state index in [1.54, 1.807) is 50.2 Å². The number of methoxy groups -OCH3 is 1. The Bertz CT molecular complexity index is 1070. The van der Waals surface area contributed by atoms with E-state index in [1.807, 2.05) is 0 Å². The van der Waals surface area contributed by atoms with Gasteiger partial charge in [-0.15, -0.1) is 0 Å². The van der Waals surface area contributed by atoms with Crippen LogP contribution in [0.3, 0.4) is 0 Å². The first kappa shape index (κ1) is 23.2. The van der Waals surface area contributed by atoms with Crippen LogP contribution in [0.1, 0.15) is 28.1 Å². The second kappa shape index (κ2) is 8.96.